The second kappa shape index (κ2) is 22.3. The standard InChI is InChI=1S/C36H62O29/c1-7-13(42)18(47)30(65-35-23(52)28(16(45)11(5-39)59-35)63-32-20(49)19(48)25(60-32)9(41)3-37)36(56-7)64-29-17(46)12(6-40)58-34(24(29)53)61-26-14(43)8(2)55-33(22(26)51)62-27-15(44)10(4-38)57-31(54)21(27)50/h7-54H,3-6H2,1-2H3/t7-,8-,9+,10+,11+,12+,13-,14-,15+,16-,17+,18+,19+,20+,21+,22+,23+,24-,25-,26+,27-,28-,29-,30+,31-,32-,33-,34+,35+,36-/m0/s1. The van der Waals surface area contributed by atoms with Gasteiger partial charge in [0.15, 0.2) is 37.7 Å². The molecule has 0 aromatic carbocycles. The maximum Gasteiger partial charge on any atom is 0.187 e. The fraction of sp³-hybridized carbons (Fsp3) is 1.00. The number of aliphatic hydroxyl groups excluding tert-OH is 18. The van der Waals surface area contributed by atoms with Gasteiger partial charge in [-0.1, -0.05) is 0 Å². The second-order valence-electron chi connectivity index (χ2n) is 16.7. The van der Waals surface area contributed by atoms with Crippen LogP contribution in [0.3, 0.4) is 0 Å². The minimum absolute atomic E-state index is 0.815. The minimum Gasteiger partial charge on any atom is -0.394 e. The number of hydrogen-bond acceptors (Lipinski definition) is 29. The lowest BCUT2D eigenvalue weighted by atomic mass is 9.95. The molecule has 29 nitrogen and oxygen atoms in total. The van der Waals surface area contributed by atoms with Crippen molar-refractivity contribution in [2.75, 3.05) is 26.4 Å². The van der Waals surface area contributed by atoms with Gasteiger partial charge < -0.3 is 144 Å². The van der Waals surface area contributed by atoms with Crippen LogP contribution >= 0.6 is 0 Å². The molecule has 0 aromatic heterocycles. The molecule has 0 amide bonds. The van der Waals surface area contributed by atoms with Gasteiger partial charge in [-0.3, -0.25) is 0 Å². The maximum absolute atomic E-state index is 11.6. The van der Waals surface area contributed by atoms with Crippen molar-refractivity contribution in [1.29, 1.82) is 0 Å². The summed E-state index contributed by atoms with van der Waals surface area (Å²) < 4.78 is 61.5. The zero-order valence-corrected chi connectivity index (χ0v) is 34.7. The number of hydrogen-bond donors (Lipinski definition) is 18. The number of ether oxygens (including phenoxy) is 11. The van der Waals surface area contributed by atoms with E-state index < -0.39 is 211 Å². The minimum atomic E-state index is -2.16. The molecule has 0 spiro atoms. The highest BCUT2D eigenvalue weighted by Gasteiger charge is 2.58. The third-order valence-corrected chi connectivity index (χ3v) is 12.3. The SMILES string of the molecule is C[C@@H]1O[C@@H](O[C@@H]2[C@H](O)[C@@H](O[C@@H]3[C@@H](O)[C@H](C)O[C@@H](O[C@@H]4[C@@H](O)[C@@H](O)O[C@H](CO)[C@H]4O)[C@@H]3O)O[C@H](CO)[C@H]2O)[C@H](O[C@H]2O[C@H](CO)[C@H](O)[C@H](O[C@@H]3O[C@@H]([C@H](O)CO)[C@H](O)[C@H]3O)[C@H]2O)[C@H](O)[C@H]1O. The van der Waals surface area contributed by atoms with Gasteiger partial charge in [0, 0.05) is 0 Å². The van der Waals surface area contributed by atoms with Crippen LogP contribution in [0.25, 0.3) is 0 Å². The Bertz CT molecular complexity index is 1470. The summed E-state index contributed by atoms with van der Waals surface area (Å²) in [5.74, 6) is 0. The van der Waals surface area contributed by atoms with Crippen LogP contribution in [-0.2, 0) is 52.1 Å². The van der Waals surface area contributed by atoms with Gasteiger partial charge in [-0.25, -0.2) is 0 Å². The summed E-state index contributed by atoms with van der Waals surface area (Å²) in [7, 11) is 0. The van der Waals surface area contributed by atoms with Gasteiger partial charge in [-0.15, -0.1) is 0 Å². The summed E-state index contributed by atoms with van der Waals surface area (Å²) in [6, 6.07) is 0. The number of rotatable bonds is 15. The van der Waals surface area contributed by atoms with Crippen molar-refractivity contribution in [1.82, 2.24) is 0 Å². The van der Waals surface area contributed by atoms with Crippen molar-refractivity contribution in [3.05, 3.63) is 0 Å². The van der Waals surface area contributed by atoms with Crippen molar-refractivity contribution in [3.63, 3.8) is 0 Å². The molecule has 0 aliphatic carbocycles. The van der Waals surface area contributed by atoms with Crippen LogP contribution in [0.4, 0.5) is 0 Å². The average molecular weight is 959 g/mol. The highest BCUT2D eigenvalue weighted by molar-refractivity contribution is 4.99. The average Bonchev–Trinajstić information content (AvgIpc) is 3.56. The Morgan fingerprint density at radius 1 is 0.354 bits per heavy atom. The van der Waals surface area contributed by atoms with Crippen LogP contribution in [0.5, 0.6) is 0 Å². The zero-order valence-electron chi connectivity index (χ0n) is 34.7. The summed E-state index contributed by atoms with van der Waals surface area (Å²) in [4.78, 5) is 0. The van der Waals surface area contributed by atoms with Gasteiger partial charge in [-0.05, 0) is 13.8 Å². The van der Waals surface area contributed by atoms with Crippen molar-refractivity contribution < 1.29 is 144 Å². The first-order chi connectivity index (χ1) is 30.7. The normalized spacial score (nSPS) is 53.8. The maximum atomic E-state index is 11.6. The van der Waals surface area contributed by atoms with Gasteiger partial charge >= 0.3 is 0 Å². The summed E-state index contributed by atoms with van der Waals surface area (Å²) in [5, 5.41) is 191. The van der Waals surface area contributed by atoms with E-state index in [4.69, 9.17) is 52.1 Å². The van der Waals surface area contributed by atoms with Crippen LogP contribution in [-0.4, -0.2) is 303 Å². The number of aliphatic hydroxyl groups is 18. The van der Waals surface area contributed by atoms with Crippen molar-refractivity contribution in [3.8, 4) is 0 Å². The van der Waals surface area contributed by atoms with E-state index in [0.717, 1.165) is 0 Å². The molecule has 6 aliphatic heterocycles. The van der Waals surface area contributed by atoms with Gasteiger partial charge in [-0.2, -0.15) is 0 Å². The fourth-order valence-corrected chi connectivity index (χ4v) is 8.39. The Kier molecular flexibility index (Phi) is 18.2. The summed E-state index contributed by atoms with van der Waals surface area (Å²) in [5.41, 5.74) is 0. The molecular weight excluding hydrogens is 896 g/mol. The lowest BCUT2D eigenvalue weighted by Crippen LogP contribution is -2.68. The Balaban J connectivity index is 1.19. The highest BCUT2D eigenvalue weighted by atomic mass is 16.8. The summed E-state index contributed by atoms with van der Waals surface area (Å²) in [6.45, 7) is -1.06. The molecule has 29 heteroatoms. The molecule has 6 heterocycles. The quantitative estimate of drug-likeness (QED) is 0.0724. The molecule has 0 aromatic rings. The molecule has 0 bridgehead atoms. The van der Waals surface area contributed by atoms with Gasteiger partial charge in [0.1, 0.15) is 134 Å². The topological polar surface area (TPSA) is 466 Å². The van der Waals surface area contributed by atoms with E-state index in [-0.39, 0.29) is 0 Å². The van der Waals surface area contributed by atoms with Crippen molar-refractivity contribution >= 4 is 0 Å². The zero-order chi connectivity index (χ0) is 47.9. The van der Waals surface area contributed by atoms with E-state index in [2.05, 4.69) is 0 Å². The molecule has 380 valence electrons. The first-order valence-corrected chi connectivity index (χ1v) is 20.9. The van der Waals surface area contributed by atoms with E-state index >= 15 is 0 Å². The van der Waals surface area contributed by atoms with E-state index in [1.807, 2.05) is 0 Å². The van der Waals surface area contributed by atoms with Crippen LogP contribution < -0.4 is 0 Å². The van der Waals surface area contributed by atoms with Crippen molar-refractivity contribution in [2.45, 2.75) is 198 Å². The van der Waals surface area contributed by atoms with Gasteiger partial charge in [0.25, 0.3) is 0 Å². The van der Waals surface area contributed by atoms with E-state index in [0.29, 0.717) is 0 Å². The second-order valence-corrected chi connectivity index (χ2v) is 16.7. The lowest BCUT2D eigenvalue weighted by Gasteiger charge is -2.50. The van der Waals surface area contributed by atoms with Gasteiger partial charge in [0.05, 0.1) is 38.6 Å². The van der Waals surface area contributed by atoms with Crippen molar-refractivity contribution in [2.24, 2.45) is 0 Å². The predicted octanol–water partition coefficient (Wildman–Crippen LogP) is -12.0. The molecule has 30 atom stereocenters. The van der Waals surface area contributed by atoms with Crippen LogP contribution in [0.2, 0.25) is 0 Å². The van der Waals surface area contributed by atoms with Crippen LogP contribution in [0, 0.1) is 0 Å². The summed E-state index contributed by atoms with van der Waals surface area (Å²) >= 11 is 0. The molecular formula is C36H62O29. The molecule has 0 unspecified atom stereocenters. The van der Waals surface area contributed by atoms with E-state index in [1.54, 1.807) is 0 Å². The monoisotopic (exact) mass is 958 g/mol. The van der Waals surface area contributed by atoms with E-state index in [9.17, 15) is 91.9 Å². The smallest absolute Gasteiger partial charge is 0.187 e. The fourth-order valence-electron chi connectivity index (χ4n) is 8.39. The molecule has 6 rings (SSSR count). The first kappa shape index (κ1) is 53.2. The third-order valence-electron chi connectivity index (χ3n) is 12.3. The Morgan fingerprint density at radius 3 is 1.20 bits per heavy atom. The van der Waals surface area contributed by atoms with E-state index in [1.165, 1.54) is 13.8 Å². The predicted molar refractivity (Wildman–Crippen MR) is 196 cm³/mol. The Morgan fingerprint density at radius 2 is 0.723 bits per heavy atom. The van der Waals surface area contributed by atoms with Gasteiger partial charge in [0.2, 0.25) is 0 Å². The Hall–Kier alpha value is -1.16. The third kappa shape index (κ3) is 10.8. The molecule has 6 aliphatic rings. The molecule has 6 saturated heterocycles. The molecule has 0 radical (unpaired) electrons. The summed E-state index contributed by atoms with van der Waals surface area (Å²) in [6.07, 6.45) is -54.8. The molecule has 0 saturated carbocycles. The Labute approximate surface area is 368 Å². The first-order valence-electron chi connectivity index (χ1n) is 20.9. The molecule has 18 N–H and O–H groups in total. The molecule has 6 fully saturated rings. The van der Waals surface area contributed by atoms with Crippen LogP contribution in [0.1, 0.15) is 13.8 Å². The largest absolute Gasteiger partial charge is 0.394 e. The molecule has 65 heavy (non-hydrogen) atoms. The highest BCUT2D eigenvalue weighted by Crippen LogP contribution is 2.37. The lowest BCUT2D eigenvalue weighted by molar-refractivity contribution is -0.399. The van der Waals surface area contributed by atoms with Crippen LogP contribution in [0.15, 0.2) is 0 Å².